The summed E-state index contributed by atoms with van der Waals surface area (Å²) in [6, 6.07) is -0.155. The van der Waals surface area contributed by atoms with Gasteiger partial charge in [-0.25, -0.2) is 13.1 Å². The van der Waals surface area contributed by atoms with E-state index in [0.717, 1.165) is 0 Å². The predicted molar refractivity (Wildman–Crippen MR) is 50.9 cm³/mol. The van der Waals surface area contributed by atoms with Crippen LogP contribution in [0.1, 0.15) is 12.1 Å². The van der Waals surface area contributed by atoms with Crippen LogP contribution in [0.3, 0.4) is 0 Å². The van der Waals surface area contributed by atoms with Gasteiger partial charge in [0, 0.05) is 0 Å². The van der Waals surface area contributed by atoms with Crippen LogP contribution in [0.4, 0.5) is 6.01 Å². The lowest BCUT2D eigenvalue weighted by Crippen LogP contribution is -2.19. The minimum absolute atomic E-state index is 0.155. The van der Waals surface area contributed by atoms with Gasteiger partial charge in [-0.1, -0.05) is 0 Å². The molecule has 1 aromatic heterocycles. The summed E-state index contributed by atoms with van der Waals surface area (Å²) >= 11 is 0. The van der Waals surface area contributed by atoms with E-state index in [1.807, 2.05) is 4.72 Å². The van der Waals surface area contributed by atoms with Crippen LogP contribution in [0.25, 0.3) is 0 Å². The van der Waals surface area contributed by atoms with E-state index < -0.39 is 28.2 Å². The monoisotopic (exact) mass is 234 g/mol. The summed E-state index contributed by atoms with van der Waals surface area (Å²) in [5.74, 6) is -1.69. The van der Waals surface area contributed by atoms with Crippen molar-refractivity contribution in [3.8, 4) is 0 Å². The number of nitrogens with one attached hydrogen (secondary N) is 1. The molecule has 0 spiro atoms. The van der Waals surface area contributed by atoms with Crippen LogP contribution in [0.5, 0.6) is 0 Å². The molecule has 0 fully saturated rings. The van der Waals surface area contributed by atoms with Crippen LogP contribution in [0.15, 0.2) is 10.7 Å². The van der Waals surface area contributed by atoms with Gasteiger partial charge in [0.1, 0.15) is 6.26 Å². The Kier molecular flexibility index (Phi) is 3.30. The molecular weight excluding hydrogens is 224 g/mol. The summed E-state index contributed by atoms with van der Waals surface area (Å²) in [7, 11) is -3.70. The summed E-state index contributed by atoms with van der Waals surface area (Å²) in [5.41, 5.74) is 0.533. The van der Waals surface area contributed by atoms with Crippen LogP contribution < -0.4 is 4.72 Å². The molecule has 0 aromatic carbocycles. The molecule has 0 amide bonds. The second kappa shape index (κ2) is 4.30. The molecule has 1 aromatic rings. The quantitative estimate of drug-likeness (QED) is 0.753. The van der Waals surface area contributed by atoms with Gasteiger partial charge < -0.3 is 9.52 Å². The maximum atomic E-state index is 11.2. The zero-order valence-corrected chi connectivity index (χ0v) is 8.74. The van der Waals surface area contributed by atoms with Gasteiger partial charge in [-0.15, -0.1) is 0 Å². The van der Waals surface area contributed by atoms with Crippen molar-refractivity contribution in [2.45, 2.75) is 13.3 Å². The summed E-state index contributed by atoms with van der Waals surface area (Å²) < 4.78 is 29.3. The first kappa shape index (κ1) is 11.5. The highest BCUT2D eigenvalue weighted by Gasteiger charge is 2.15. The maximum Gasteiger partial charge on any atom is 0.308 e. The largest absolute Gasteiger partial charge is 0.481 e. The number of nitrogens with zero attached hydrogens (tertiary/aromatic N) is 1. The number of rotatable bonds is 5. The number of hydrogen-bond donors (Lipinski definition) is 2. The fourth-order valence-corrected chi connectivity index (χ4v) is 1.71. The summed E-state index contributed by atoms with van der Waals surface area (Å²) in [6.45, 7) is 1.64. The number of aryl methyl sites for hydroxylation is 1. The van der Waals surface area contributed by atoms with Crippen molar-refractivity contribution in [1.29, 1.82) is 0 Å². The Balaban J connectivity index is 2.60. The third kappa shape index (κ3) is 3.98. The fraction of sp³-hybridized carbons (Fsp3) is 0.429. The summed E-state index contributed by atoms with van der Waals surface area (Å²) in [4.78, 5) is 13.9. The van der Waals surface area contributed by atoms with Crippen molar-refractivity contribution in [2.75, 3.05) is 10.5 Å². The van der Waals surface area contributed by atoms with Gasteiger partial charge in [0.15, 0.2) is 0 Å². The van der Waals surface area contributed by atoms with Gasteiger partial charge in [0.2, 0.25) is 10.0 Å². The number of oxazole rings is 1. The second-order valence-corrected chi connectivity index (χ2v) is 4.70. The van der Waals surface area contributed by atoms with Crippen molar-refractivity contribution in [3.05, 3.63) is 12.0 Å². The number of hydrogen-bond acceptors (Lipinski definition) is 5. The molecule has 1 rings (SSSR count). The SMILES string of the molecule is Cc1coc(NS(=O)(=O)CCC(=O)O)n1. The highest BCUT2D eigenvalue weighted by atomic mass is 32.2. The number of aliphatic carboxylic acids is 1. The van der Waals surface area contributed by atoms with Crippen LogP contribution in [-0.2, 0) is 14.8 Å². The molecule has 0 atom stereocenters. The van der Waals surface area contributed by atoms with Gasteiger partial charge in [0.05, 0.1) is 17.9 Å². The van der Waals surface area contributed by atoms with E-state index >= 15 is 0 Å². The van der Waals surface area contributed by atoms with Crippen molar-refractivity contribution in [2.24, 2.45) is 0 Å². The minimum atomic E-state index is -3.70. The Hall–Kier alpha value is -1.57. The van der Waals surface area contributed by atoms with Crippen LogP contribution in [-0.4, -0.2) is 30.2 Å². The highest BCUT2D eigenvalue weighted by Crippen LogP contribution is 2.08. The summed E-state index contributed by atoms with van der Waals surface area (Å²) in [6.07, 6.45) is 0.823. The molecule has 0 radical (unpaired) electrons. The van der Waals surface area contributed by atoms with E-state index in [0.29, 0.717) is 5.69 Å². The smallest absolute Gasteiger partial charge is 0.308 e. The van der Waals surface area contributed by atoms with E-state index in [1.165, 1.54) is 6.26 Å². The number of anilines is 1. The van der Waals surface area contributed by atoms with Crippen LogP contribution in [0.2, 0.25) is 0 Å². The molecule has 0 saturated carbocycles. The van der Waals surface area contributed by atoms with Crippen molar-refractivity contribution in [1.82, 2.24) is 4.98 Å². The average molecular weight is 234 g/mol. The zero-order chi connectivity index (χ0) is 11.5. The molecule has 84 valence electrons. The van der Waals surface area contributed by atoms with Crippen molar-refractivity contribution < 1.29 is 22.7 Å². The molecule has 8 heteroatoms. The lowest BCUT2D eigenvalue weighted by molar-refractivity contribution is -0.136. The number of carboxylic acid groups (broad SMARTS) is 1. The van der Waals surface area contributed by atoms with Crippen LogP contribution in [0, 0.1) is 6.92 Å². The molecule has 0 aliphatic heterocycles. The van der Waals surface area contributed by atoms with E-state index in [1.54, 1.807) is 6.92 Å². The van der Waals surface area contributed by atoms with E-state index in [4.69, 9.17) is 9.52 Å². The van der Waals surface area contributed by atoms with Crippen molar-refractivity contribution >= 4 is 22.0 Å². The molecule has 0 aliphatic carbocycles. The normalized spacial score (nSPS) is 11.3. The molecular formula is C7H10N2O5S. The molecule has 0 aliphatic rings. The molecule has 2 N–H and O–H groups in total. The lowest BCUT2D eigenvalue weighted by Gasteiger charge is -2.01. The minimum Gasteiger partial charge on any atom is -0.481 e. The fourth-order valence-electron chi connectivity index (χ4n) is 0.807. The third-order valence-corrected chi connectivity index (χ3v) is 2.67. The molecule has 1 heterocycles. The number of carbonyl (C=O) groups is 1. The zero-order valence-electron chi connectivity index (χ0n) is 7.93. The van der Waals surface area contributed by atoms with Crippen molar-refractivity contribution in [3.63, 3.8) is 0 Å². The Labute approximate surface area is 86.2 Å². The molecule has 7 nitrogen and oxygen atoms in total. The number of sulfonamides is 1. The van der Waals surface area contributed by atoms with E-state index in [-0.39, 0.29) is 6.01 Å². The van der Waals surface area contributed by atoms with Gasteiger partial charge in [-0.2, -0.15) is 4.98 Å². The molecule has 0 saturated heterocycles. The lowest BCUT2D eigenvalue weighted by atomic mass is 10.5. The first-order chi connectivity index (χ1) is 6.89. The van der Waals surface area contributed by atoms with E-state index in [2.05, 4.69) is 4.98 Å². The average Bonchev–Trinajstić information content (AvgIpc) is 2.47. The van der Waals surface area contributed by atoms with Gasteiger partial charge in [-0.05, 0) is 6.92 Å². The van der Waals surface area contributed by atoms with Gasteiger partial charge in [-0.3, -0.25) is 4.79 Å². The Morgan fingerprint density at radius 1 is 1.67 bits per heavy atom. The summed E-state index contributed by atoms with van der Waals surface area (Å²) in [5, 5.41) is 8.32. The molecule has 15 heavy (non-hydrogen) atoms. The van der Waals surface area contributed by atoms with E-state index in [9.17, 15) is 13.2 Å². The Morgan fingerprint density at radius 2 is 2.33 bits per heavy atom. The van der Waals surface area contributed by atoms with Gasteiger partial charge >= 0.3 is 12.0 Å². The molecule has 0 unspecified atom stereocenters. The topological polar surface area (TPSA) is 110 Å². The third-order valence-electron chi connectivity index (χ3n) is 1.45. The first-order valence-electron chi connectivity index (χ1n) is 4.03. The highest BCUT2D eigenvalue weighted by molar-refractivity contribution is 7.92. The predicted octanol–water partition coefficient (Wildman–Crippen LogP) is 0.199. The maximum absolute atomic E-state index is 11.2. The first-order valence-corrected chi connectivity index (χ1v) is 5.69. The van der Waals surface area contributed by atoms with Gasteiger partial charge in [0.25, 0.3) is 0 Å². The standard InChI is InChI=1S/C7H10N2O5S/c1-5-4-14-7(8-5)9-15(12,13)3-2-6(10)11/h4H,2-3H2,1H3,(H,8,9)(H,10,11). The Bertz CT molecular complexity index is 450. The number of aromatic nitrogens is 1. The number of carboxylic acids is 1. The second-order valence-electron chi connectivity index (χ2n) is 2.86. The molecule has 0 bridgehead atoms. The Morgan fingerprint density at radius 3 is 2.80 bits per heavy atom. The van der Waals surface area contributed by atoms with Crippen LogP contribution >= 0.6 is 0 Å².